The lowest BCUT2D eigenvalue weighted by Gasteiger charge is -2.21. The van der Waals surface area contributed by atoms with Crippen molar-refractivity contribution in [2.75, 3.05) is 31.6 Å². The largest absolute Gasteiger partial charge is 0.359 e. The first-order valence-corrected chi connectivity index (χ1v) is 5.69. The molecule has 18 heavy (non-hydrogen) atoms. The third-order valence-corrected chi connectivity index (χ3v) is 3.03. The van der Waals surface area contributed by atoms with Crippen molar-refractivity contribution in [3.05, 3.63) is 28.4 Å². The summed E-state index contributed by atoms with van der Waals surface area (Å²) in [5.41, 5.74) is 0.0321. The van der Waals surface area contributed by atoms with Crippen molar-refractivity contribution in [2.45, 2.75) is 6.42 Å². The van der Waals surface area contributed by atoms with Gasteiger partial charge in [0.1, 0.15) is 12.0 Å². The number of hydrogen-bond acceptors (Lipinski definition) is 5. The molecule has 0 aliphatic carbocycles. The van der Waals surface area contributed by atoms with Crippen molar-refractivity contribution in [3.63, 3.8) is 0 Å². The third-order valence-electron chi connectivity index (χ3n) is 3.03. The summed E-state index contributed by atoms with van der Waals surface area (Å²) in [5, 5.41) is 13.8. The molecule has 2 rings (SSSR count). The molecule has 100 valence electrons. The smallest absolute Gasteiger partial charge is 0.287 e. The molecule has 2 heterocycles. The van der Waals surface area contributed by atoms with Gasteiger partial charge in [-0.3, -0.25) is 10.1 Å². The molecule has 0 amide bonds. The van der Waals surface area contributed by atoms with Crippen LogP contribution in [-0.2, 0) is 0 Å². The molecule has 7 heteroatoms. The molecule has 1 aliphatic heterocycles. The zero-order valence-electron chi connectivity index (χ0n) is 10.2. The number of rotatable bonds is 4. The van der Waals surface area contributed by atoms with Gasteiger partial charge in [0, 0.05) is 19.7 Å². The van der Waals surface area contributed by atoms with Crippen LogP contribution in [0, 0.1) is 16.0 Å². The monoisotopic (exact) mass is 272 g/mol. The van der Waals surface area contributed by atoms with Crippen LogP contribution in [0.4, 0.5) is 11.5 Å². The van der Waals surface area contributed by atoms with E-state index >= 15 is 0 Å². The minimum Gasteiger partial charge on any atom is -0.359 e. The molecule has 1 saturated heterocycles. The molecular formula is C11H17ClN4O2. The van der Waals surface area contributed by atoms with Crippen LogP contribution in [0.15, 0.2) is 18.3 Å². The fraction of sp³-hybridized carbons (Fsp3) is 0.545. The molecule has 0 saturated carbocycles. The van der Waals surface area contributed by atoms with Gasteiger partial charge < -0.3 is 10.2 Å². The lowest BCUT2D eigenvalue weighted by molar-refractivity contribution is -0.385. The second-order valence-corrected chi connectivity index (χ2v) is 4.37. The maximum absolute atomic E-state index is 10.5. The number of aromatic nitrogens is 1. The van der Waals surface area contributed by atoms with E-state index in [1.165, 1.54) is 18.7 Å². The fourth-order valence-corrected chi connectivity index (χ4v) is 2.06. The number of nitro groups is 1. The number of pyridine rings is 1. The zero-order chi connectivity index (χ0) is 12.3. The highest BCUT2D eigenvalue weighted by Crippen LogP contribution is 2.17. The van der Waals surface area contributed by atoms with Gasteiger partial charge in [0.2, 0.25) is 0 Å². The van der Waals surface area contributed by atoms with Gasteiger partial charge in [-0.15, -0.1) is 12.4 Å². The number of nitrogens with one attached hydrogen (secondary N) is 1. The number of hydrogen-bond donors (Lipinski definition) is 1. The molecule has 0 radical (unpaired) electrons. The van der Waals surface area contributed by atoms with Gasteiger partial charge in [0.05, 0.1) is 4.92 Å². The Balaban J connectivity index is 0.00000162. The highest BCUT2D eigenvalue weighted by molar-refractivity contribution is 5.85. The average Bonchev–Trinajstić information content (AvgIpc) is 2.82. The Hall–Kier alpha value is -1.40. The lowest BCUT2D eigenvalue weighted by atomic mass is 10.1. The van der Waals surface area contributed by atoms with Crippen molar-refractivity contribution in [1.82, 2.24) is 10.3 Å². The van der Waals surface area contributed by atoms with Crippen LogP contribution >= 0.6 is 12.4 Å². The molecule has 1 aliphatic rings. The van der Waals surface area contributed by atoms with Crippen LogP contribution in [0.2, 0.25) is 0 Å². The molecule has 6 nitrogen and oxygen atoms in total. The van der Waals surface area contributed by atoms with Gasteiger partial charge in [-0.1, -0.05) is 0 Å². The fourth-order valence-electron chi connectivity index (χ4n) is 2.06. The third kappa shape index (κ3) is 3.54. The van der Waals surface area contributed by atoms with Gasteiger partial charge >= 0.3 is 0 Å². The van der Waals surface area contributed by atoms with E-state index in [2.05, 4.69) is 10.3 Å². The van der Waals surface area contributed by atoms with Crippen LogP contribution in [0.25, 0.3) is 0 Å². The Kier molecular flexibility index (Phi) is 5.30. The number of nitrogens with zero attached hydrogens (tertiary/aromatic N) is 3. The van der Waals surface area contributed by atoms with E-state index < -0.39 is 4.92 Å². The molecular weight excluding hydrogens is 256 g/mol. The summed E-state index contributed by atoms with van der Waals surface area (Å²) in [6, 6.07) is 3.19. The minimum atomic E-state index is -0.433. The van der Waals surface area contributed by atoms with Crippen molar-refractivity contribution < 1.29 is 4.92 Å². The van der Waals surface area contributed by atoms with Crippen molar-refractivity contribution in [2.24, 2.45) is 5.92 Å². The van der Waals surface area contributed by atoms with Gasteiger partial charge in [-0.25, -0.2) is 4.98 Å². The Morgan fingerprint density at radius 2 is 2.39 bits per heavy atom. The molecule has 1 aromatic heterocycles. The summed E-state index contributed by atoms with van der Waals surface area (Å²) >= 11 is 0. The first kappa shape index (κ1) is 14.7. The maximum Gasteiger partial charge on any atom is 0.287 e. The van der Waals surface area contributed by atoms with Crippen LogP contribution in [0.3, 0.4) is 0 Å². The van der Waals surface area contributed by atoms with E-state index in [0.717, 1.165) is 25.5 Å². The zero-order valence-corrected chi connectivity index (χ0v) is 11.0. The topological polar surface area (TPSA) is 71.3 Å². The van der Waals surface area contributed by atoms with Gasteiger partial charge in [-0.2, -0.15) is 0 Å². The quantitative estimate of drug-likeness (QED) is 0.664. The predicted molar refractivity (Wildman–Crippen MR) is 72.4 cm³/mol. The molecule has 0 spiro atoms. The van der Waals surface area contributed by atoms with E-state index in [-0.39, 0.29) is 18.1 Å². The summed E-state index contributed by atoms with van der Waals surface area (Å²) in [6.07, 6.45) is 2.48. The van der Waals surface area contributed by atoms with Crippen molar-refractivity contribution in [3.8, 4) is 0 Å². The first-order chi connectivity index (χ1) is 8.16. The second kappa shape index (κ2) is 6.51. The predicted octanol–water partition coefficient (Wildman–Crippen LogP) is 1.46. The van der Waals surface area contributed by atoms with Crippen molar-refractivity contribution >= 4 is 23.9 Å². The number of anilines is 1. The van der Waals surface area contributed by atoms with E-state index in [9.17, 15) is 10.1 Å². The highest BCUT2D eigenvalue weighted by atomic mass is 35.5. The maximum atomic E-state index is 10.5. The minimum absolute atomic E-state index is 0. The Labute approximate surface area is 112 Å². The van der Waals surface area contributed by atoms with Crippen LogP contribution in [0.1, 0.15) is 6.42 Å². The molecule has 1 unspecified atom stereocenters. The Morgan fingerprint density at radius 3 is 2.89 bits per heavy atom. The van der Waals surface area contributed by atoms with Crippen LogP contribution in [-0.4, -0.2) is 36.6 Å². The number of halogens is 1. The molecule has 1 atom stereocenters. The first-order valence-electron chi connectivity index (χ1n) is 5.69. The summed E-state index contributed by atoms with van der Waals surface area (Å²) in [7, 11) is 1.96. The van der Waals surface area contributed by atoms with E-state index in [0.29, 0.717) is 5.92 Å². The van der Waals surface area contributed by atoms with Gasteiger partial charge in [0.25, 0.3) is 5.69 Å². The molecule has 1 N–H and O–H groups in total. The van der Waals surface area contributed by atoms with Gasteiger partial charge in [-0.05, 0) is 31.5 Å². The molecule has 0 bridgehead atoms. The van der Waals surface area contributed by atoms with E-state index in [1.807, 2.05) is 11.9 Å². The second-order valence-electron chi connectivity index (χ2n) is 4.37. The lowest BCUT2D eigenvalue weighted by Crippen LogP contribution is -2.27. The average molecular weight is 273 g/mol. The standard InChI is InChI=1S/C11H16N4O2.ClH/c1-14(8-9-4-5-12-6-9)11-3-2-10(7-13-11)15(16)17;/h2-3,7,9,12H,4-6,8H2,1H3;1H. The Bertz CT molecular complexity index is 393. The molecule has 1 fully saturated rings. The van der Waals surface area contributed by atoms with Crippen LogP contribution in [0.5, 0.6) is 0 Å². The summed E-state index contributed by atoms with van der Waals surface area (Å²) in [6.45, 7) is 3.04. The molecule has 0 aromatic carbocycles. The van der Waals surface area contributed by atoms with E-state index in [4.69, 9.17) is 0 Å². The van der Waals surface area contributed by atoms with Crippen LogP contribution < -0.4 is 10.2 Å². The highest BCUT2D eigenvalue weighted by Gasteiger charge is 2.17. The van der Waals surface area contributed by atoms with E-state index in [1.54, 1.807) is 6.07 Å². The summed E-state index contributed by atoms with van der Waals surface area (Å²) in [5.74, 6) is 1.42. The van der Waals surface area contributed by atoms with Crippen molar-refractivity contribution in [1.29, 1.82) is 0 Å². The molecule has 1 aromatic rings. The van der Waals surface area contributed by atoms with Gasteiger partial charge in [0.15, 0.2) is 0 Å². The normalized spacial score (nSPS) is 18.2. The summed E-state index contributed by atoms with van der Waals surface area (Å²) < 4.78 is 0. The summed E-state index contributed by atoms with van der Waals surface area (Å²) in [4.78, 5) is 16.2. The Morgan fingerprint density at radius 1 is 1.61 bits per heavy atom. The SMILES string of the molecule is CN(CC1CCNC1)c1ccc([N+](=O)[O-])cn1.Cl.